The Labute approximate surface area is 352 Å². The number of ketones is 1. The standard InChI is InChI=1S/C42H53F3N4O9S2/c1-25-8-5-6-9-28-20-40(28,38(53)48-60(54,55)39(4)12-13-39)21-34(50)33-18-30(57-29-10-14-46-32(17-29)36-47-22-27(3)59-36)23-49(33)37(52)31(26(2)16-25)19-35(51)58-41(42(43,44)45)11-7-15-56-24-41/h6,9-10,14,17,22,25-26,28,30-31,33H,5,7-8,11-13,15-16,18-21,23-24H2,1-4H3,(H,48,53)/b9-6-/t25-,26-,28-,30-,31+,33+,40-,41?/m1/s1. The number of halogens is 3. The number of aryl methyl sites for hydroxylation is 1. The maximum atomic E-state index is 15.0. The average Bonchev–Trinajstić information content (AvgIpc) is 3.99. The van der Waals surface area contributed by atoms with Gasteiger partial charge >= 0.3 is 12.1 Å². The van der Waals surface area contributed by atoms with Crippen LogP contribution < -0.4 is 9.46 Å². The summed E-state index contributed by atoms with van der Waals surface area (Å²) in [7, 11) is -4.03. The number of carbonyl (C=O) groups excluding carboxylic acids is 4. The molecule has 0 aromatic carbocycles. The molecule has 3 aliphatic heterocycles. The molecule has 328 valence electrons. The van der Waals surface area contributed by atoms with Crippen LogP contribution in [0.2, 0.25) is 0 Å². The Hall–Kier alpha value is -3.90. The molecule has 8 atom stereocenters. The zero-order valence-corrected chi connectivity index (χ0v) is 35.9. The quantitative estimate of drug-likeness (QED) is 0.216. The number of amides is 2. The third-order valence-electron chi connectivity index (χ3n) is 13.1. The number of esters is 1. The Morgan fingerprint density at radius 2 is 1.90 bits per heavy atom. The second-order valence-corrected chi connectivity index (χ2v) is 21.3. The van der Waals surface area contributed by atoms with E-state index in [4.69, 9.17) is 14.2 Å². The lowest BCUT2D eigenvalue weighted by atomic mass is 9.82. The van der Waals surface area contributed by atoms with Crippen LogP contribution in [0.5, 0.6) is 5.75 Å². The van der Waals surface area contributed by atoms with Gasteiger partial charge in [0.15, 0.2) is 5.78 Å². The molecule has 1 N–H and O–H groups in total. The highest BCUT2D eigenvalue weighted by Gasteiger charge is 2.63. The van der Waals surface area contributed by atoms with Crippen molar-refractivity contribution in [3.05, 3.63) is 41.6 Å². The first-order valence-corrected chi connectivity index (χ1v) is 23.0. The van der Waals surface area contributed by atoms with E-state index in [1.54, 1.807) is 38.4 Å². The molecule has 60 heavy (non-hydrogen) atoms. The van der Waals surface area contributed by atoms with E-state index < -0.39 is 105 Å². The molecular weight excluding hydrogens is 826 g/mol. The average molecular weight is 879 g/mol. The number of aromatic nitrogens is 2. The summed E-state index contributed by atoms with van der Waals surface area (Å²) in [5.74, 6) is -4.75. The van der Waals surface area contributed by atoms with Crippen molar-refractivity contribution in [3.8, 4) is 16.5 Å². The number of hydrogen-bond acceptors (Lipinski definition) is 12. The maximum Gasteiger partial charge on any atom is 0.430 e. The van der Waals surface area contributed by atoms with Crippen molar-refractivity contribution in [3.63, 3.8) is 0 Å². The van der Waals surface area contributed by atoms with Crippen molar-refractivity contribution in [1.29, 1.82) is 0 Å². The molecule has 7 rings (SSSR count). The smallest absolute Gasteiger partial charge is 0.430 e. The number of carbonyl (C=O) groups is 4. The normalized spacial score (nSPS) is 32.8. The molecule has 0 bridgehead atoms. The lowest BCUT2D eigenvalue weighted by Gasteiger charge is -2.38. The van der Waals surface area contributed by atoms with Gasteiger partial charge in [0.1, 0.15) is 22.6 Å². The van der Waals surface area contributed by atoms with E-state index in [0.29, 0.717) is 48.6 Å². The third kappa shape index (κ3) is 9.15. The minimum absolute atomic E-state index is 0.00361. The third-order valence-corrected chi connectivity index (χ3v) is 16.2. The molecule has 2 saturated heterocycles. The summed E-state index contributed by atoms with van der Waals surface area (Å²) in [6.07, 6.45) is 2.68. The first-order valence-electron chi connectivity index (χ1n) is 20.7. The van der Waals surface area contributed by atoms with Crippen molar-refractivity contribution < 1.29 is 55.0 Å². The van der Waals surface area contributed by atoms with Crippen molar-refractivity contribution >= 4 is 44.9 Å². The van der Waals surface area contributed by atoms with Gasteiger partial charge in [0.2, 0.25) is 27.4 Å². The number of Topliss-reactive ketones (excluding diaryl/α,β-unsaturated/α-hetero) is 1. The van der Waals surface area contributed by atoms with Gasteiger partial charge < -0.3 is 19.1 Å². The van der Waals surface area contributed by atoms with Crippen LogP contribution in [0.4, 0.5) is 13.2 Å². The van der Waals surface area contributed by atoms with Crippen LogP contribution >= 0.6 is 11.3 Å². The Balaban J connectivity index is 1.20. The van der Waals surface area contributed by atoms with Crippen LogP contribution in [0.15, 0.2) is 36.7 Å². The lowest BCUT2D eigenvalue weighted by Crippen LogP contribution is -2.55. The van der Waals surface area contributed by atoms with Crippen LogP contribution in [-0.2, 0) is 38.7 Å². The van der Waals surface area contributed by atoms with E-state index in [0.717, 1.165) is 4.88 Å². The summed E-state index contributed by atoms with van der Waals surface area (Å²) in [5, 5.41) is 0.668. The molecule has 2 amide bonds. The van der Waals surface area contributed by atoms with Gasteiger partial charge in [0, 0.05) is 49.2 Å². The minimum Gasteiger partial charge on any atom is -0.488 e. The molecular formula is C42H53F3N4O9S2. The first kappa shape index (κ1) is 44.2. The van der Waals surface area contributed by atoms with E-state index in [1.807, 2.05) is 26.0 Å². The van der Waals surface area contributed by atoms with E-state index >= 15 is 0 Å². The number of hydrogen-bond donors (Lipinski definition) is 1. The van der Waals surface area contributed by atoms with Gasteiger partial charge in [0.05, 0.1) is 41.7 Å². The zero-order valence-electron chi connectivity index (χ0n) is 34.3. The maximum absolute atomic E-state index is 15.0. The number of sulfonamides is 1. The molecule has 0 radical (unpaired) electrons. The summed E-state index contributed by atoms with van der Waals surface area (Å²) in [6, 6.07) is 2.19. The van der Waals surface area contributed by atoms with Gasteiger partial charge in [-0.05, 0) is 82.6 Å². The molecule has 2 aromatic rings. The minimum atomic E-state index is -4.91. The molecule has 1 unspecified atom stereocenters. The van der Waals surface area contributed by atoms with Crippen LogP contribution in [-0.4, -0.2) is 95.3 Å². The molecule has 2 aromatic heterocycles. The Morgan fingerprint density at radius 1 is 1.13 bits per heavy atom. The van der Waals surface area contributed by atoms with E-state index in [2.05, 4.69) is 14.7 Å². The van der Waals surface area contributed by atoms with Crippen LogP contribution in [0.1, 0.15) is 96.3 Å². The largest absolute Gasteiger partial charge is 0.488 e. The fourth-order valence-corrected chi connectivity index (χ4v) is 11.0. The first-order chi connectivity index (χ1) is 28.2. The number of allylic oxidation sites excluding steroid dienone is 2. The summed E-state index contributed by atoms with van der Waals surface area (Å²) in [6.45, 7) is 6.39. The monoisotopic (exact) mass is 878 g/mol. The number of ether oxygens (including phenoxy) is 3. The summed E-state index contributed by atoms with van der Waals surface area (Å²) >= 11 is 1.45. The summed E-state index contributed by atoms with van der Waals surface area (Å²) < 4.78 is 87.8. The van der Waals surface area contributed by atoms with Crippen LogP contribution in [0.25, 0.3) is 10.7 Å². The summed E-state index contributed by atoms with van der Waals surface area (Å²) in [4.78, 5) is 68.4. The fraction of sp³-hybridized carbons (Fsp3) is 0.667. The molecule has 18 heteroatoms. The lowest BCUT2D eigenvalue weighted by molar-refractivity contribution is -0.295. The topological polar surface area (TPSA) is 171 Å². The van der Waals surface area contributed by atoms with Gasteiger partial charge in [-0.3, -0.25) is 28.9 Å². The molecule has 5 aliphatic rings. The predicted molar refractivity (Wildman–Crippen MR) is 214 cm³/mol. The Bertz CT molecular complexity index is 2120. The number of rotatable bonds is 9. The van der Waals surface area contributed by atoms with Crippen molar-refractivity contribution in [2.45, 2.75) is 127 Å². The number of fused-ring (bicyclic) bond motifs is 2. The van der Waals surface area contributed by atoms with Crippen LogP contribution in [0, 0.1) is 36.0 Å². The van der Waals surface area contributed by atoms with Gasteiger partial charge in [-0.25, -0.2) is 13.4 Å². The van der Waals surface area contributed by atoms with Crippen LogP contribution in [0.3, 0.4) is 0 Å². The molecule has 2 saturated carbocycles. The summed E-state index contributed by atoms with van der Waals surface area (Å²) in [5.41, 5.74) is -3.66. The molecule has 13 nitrogen and oxygen atoms in total. The predicted octanol–water partition coefficient (Wildman–Crippen LogP) is 6.50. The highest BCUT2D eigenvalue weighted by molar-refractivity contribution is 7.91. The van der Waals surface area contributed by atoms with Gasteiger partial charge in [-0.2, -0.15) is 13.2 Å². The number of alkyl halides is 3. The number of pyridine rings is 1. The highest BCUT2D eigenvalue weighted by atomic mass is 32.2. The second-order valence-electron chi connectivity index (χ2n) is 17.9. The Morgan fingerprint density at radius 3 is 2.57 bits per heavy atom. The van der Waals surface area contributed by atoms with Crippen molar-refractivity contribution in [2.24, 2.45) is 29.1 Å². The number of nitrogens with zero attached hydrogens (tertiary/aromatic N) is 3. The fourth-order valence-electron chi connectivity index (χ4n) is 8.92. The van der Waals surface area contributed by atoms with Crippen molar-refractivity contribution in [1.82, 2.24) is 19.6 Å². The molecule has 4 fully saturated rings. The van der Waals surface area contributed by atoms with Gasteiger partial charge in [-0.15, -0.1) is 11.3 Å². The highest BCUT2D eigenvalue weighted by Crippen LogP contribution is 2.58. The Kier molecular flexibility index (Phi) is 12.3. The zero-order chi connectivity index (χ0) is 43.3. The van der Waals surface area contributed by atoms with E-state index in [1.165, 1.54) is 16.2 Å². The van der Waals surface area contributed by atoms with Crippen molar-refractivity contribution in [2.75, 3.05) is 19.8 Å². The number of thiazole rings is 1. The second kappa shape index (κ2) is 16.8. The molecule has 0 spiro atoms. The molecule has 5 heterocycles. The van der Waals surface area contributed by atoms with Gasteiger partial charge in [0.25, 0.3) is 0 Å². The van der Waals surface area contributed by atoms with E-state index in [-0.39, 0.29) is 44.8 Å². The van der Waals surface area contributed by atoms with E-state index in [9.17, 15) is 40.8 Å². The molecule has 2 aliphatic carbocycles. The number of nitrogens with one attached hydrogen (secondary N) is 1. The van der Waals surface area contributed by atoms with Gasteiger partial charge in [-0.1, -0.05) is 26.0 Å². The SMILES string of the molecule is Cc1cnc(-c2cc(O[C@@H]3C[C@H]4C(=O)C[C@]5(C(=O)NS(=O)(=O)C6(C)CC6)C[C@H]5/C=C\CC[C@@H](C)C[C@@H](C)[C@H](CC(=O)OC5(C(F)(F)F)CCCOC5)C(=O)N4C3)ccn2)s1.